The maximum Gasteiger partial charge on any atom is 0.417 e. The highest BCUT2D eigenvalue weighted by atomic mass is 19.4. The van der Waals surface area contributed by atoms with Gasteiger partial charge >= 0.3 is 6.18 Å². The molecule has 0 aromatic heterocycles. The number of aliphatic hydroxyl groups is 2. The van der Waals surface area contributed by atoms with E-state index in [2.05, 4.69) is 0 Å². The minimum absolute atomic E-state index is 0.00326. The molecule has 2 saturated heterocycles. The van der Waals surface area contributed by atoms with Crippen LogP contribution in [0.4, 0.5) is 13.2 Å². The van der Waals surface area contributed by atoms with Crippen LogP contribution in [0.3, 0.4) is 0 Å². The van der Waals surface area contributed by atoms with Crippen LogP contribution in [-0.4, -0.2) is 65.1 Å². The quantitative estimate of drug-likeness (QED) is 0.802. The highest BCUT2D eigenvalue weighted by molar-refractivity contribution is 4.96. The van der Waals surface area contributed by atoms with E-state index in [1.54, 1.807) is 13.8 Å². The van der Waals surface area contributed by atoms with Crippen molar-refractivity contribution in [2.75, 3.05) is 6.61 Å². The van der Waals surface area contributed by atoms with Gasteiger partial charge in [-0.1, -0.05) is 0 Å². The highest BCUT2D eigenvalue weighted by Crippen LogP contribution is 2.38. The molecule has 2 heterocycles. The molecule has 0 aliphatic carbocycles. The van der Waals surface area contributed by atoms with E-state index in [0.29, 0.717) is 0 Å². The Morgan fingerprint density at radius 2 is 1.50 bits per heavy atom. The van der Waals surface area contributed by atoms with Crippen molar-refractivity contribution < 1.29 is 42.3 Å². The van der Waals surface area contributed by atoms with Crippen LogP contribution < -0.4 is 0 Å². The Morgan fingerprint density at radius 1 is 0.955 bits per heavy atom. The van der Waals surface area contributed by atoms with Crippen LogP contribution in [0.2, 0.25) is 0 Å². The average molecular weight is 330 g/mol. The topological polar surface area (TPSA) is 77.4 Å². The SMILES string of the molecule is CC1(C)O[C@H]([C@@H](O)C(F)(F)F)[C@@H](C(O)[C@H]2COC(C)(C)O2)O1. The molecule has 0 aromatic carbocycles. The van der Waals surface area contributed by atoms with Gasteiger partial charge in [-0.25, -0.2) is 0 Å². The van der Waals surface area contributed by atoms with Crippen LogP contribution in [-0.2, 0) is 18.9 Å². The fraction of sp³-hybridized carbons (Fsp3) is 1.00. The van der Waals surface area contributed by atoms with Gasteiger partial charge in [0.1, 0.15) is 24.4 Å². The van der Waals surface area contributed by atoms with Crippen LogP contribution in [0.5, 0.6) is 0 Å². The average Bonchev–Trinajstić information content (AvgIpc) is 2.86. The molecule has 5 atom stereocenters. The predicted molar refractivity (Wildman–Crippen MR) is 66.8 cm³/mol. The molecule has 2 aliphatic rings. The van der Waals surface area contributed by atoms with Gasteiger partial charge in [0, 0.05) is 0 Å². The molecule has 1 unspecified atom stereocenters. The summed E-state index contributed by atoms with van der Waals surface area (Å²) in [6.07, 6.45) is -13.1. The van der Waals surface area contributed by atoms with E-state index >= 15 is 0 Å². The van der Waals surface area contributed by atoms with Crippen molar-refractivity contribution in [3.63, 3.8) is 0 Å². The molecule has 2 N–H and O–H groups in total. The van der Waals surface area contributed by atoms with Crippen molar-refractivity contribution in [2.45, 2.75) is 76.0 Å². The molecule has 0 aromatic rings. The van der Waals surface area contributed by atoms with Crippen LogP contribution in [0.1, 0.15) is 27.7 Å². The molecule has 0 amide bonds. The van der Waals surface area contributed by atoms with Gasteiger partial charge in [0.15, 0.2) is 17.7 Å². The second-order valence-electron chi connectivity index (χ2n) is 6.41. The molecule has 2 aliphatic heterocycles. The molecule has 0 radical (unpaired) electrons. The summed E-state index contributed by atoms with van der Waals surface area (Å²) in [7, 11) is 0. The molecule has 6 nitrogen and oxygen atoms in total. The van der Waals surface area contributed by atoms with Crippen molar-refractivity contribution >= 4 is 0 Å². The maximum absolute atomic E-state index is 12.8. The van der Waals surface area contributed by atoms with Gasteiger partial charge in [0.2, 0.25) is 0 Å². The lowest BCUT2D eigenvalue weighted by Crippen LogP contribution is -2.52. The Hall–Kier alpha value is -0.450. The van der Waals surface area contributed by atoms with Crippen LogP contribution in [0, 0.1) is 0 Å². The van der Waals surface area contributed by atoms with E-state index in [0.717, 1.165) is 0 Å². The number of hydrogen-bond acceptors (Lipinski definition) is 6. The normalized spacial score (nSPS) is 37.2. The van der Waals surface area contributed by atoms with Gasteiger partial charge in [-0.2, -0.15) is 13.2 Å². The number of halogens is 3. The van der Waals surface area contributed by atoms with Crippen molar-refractivity contribution in [3.8, 4) is 0 Å². The molecule has 2 rings (SSSR count). The third-order valence-corrected chi connectivity index (χ3v) is 3.56. The van der Waals surface area contributed by atoms with Gasteiger partial charge in [0.25, 0.3) is 0 Å². The molecule has 0 bridgehead atoms. The number of rotatable bonds is 3. The van der Waals surface area contributed by atoms with Gasteiger partial charge in [-0.05, 0) is 27.7 Å². The summed E-state index contributed by atoms with van der Waals surface area (Å²) < 4.78 is 59.5. The standard InChI is InChI=1S/C13H21F3O6/c1-11(2)19-5-6(20-11)7(17)8-9(10(18)13(14,15)16)22-12(3,4)21-8/h6-10,17-18H,5H2,1-4H3/t6-,7?,8-,9+,10-/m1/s1. The van der Waals surface area contributed by atoms with Crippen LogP contribution in [0.25, 0.3) is 0 Å². The Kier molecular flexibility index (Phi) is 4.53. The Labute approximate surface area is 126 Å². The lowest BCUT2D eigenvalue weighted by Gasteiger charge is -2.29. The smallest absolute Gasteiger partial charge is 0.387 e. The molecule has 130 valence electrons. The van der Waals surface area contributed by atoms with Crippen molar-refractivity contribution in [2.24, 2.45) is 0 Å². The van der Waals surface area contributed by atoms with E-state index in [1.807, 2.05) is 0 Å². The Balaban J connectivity index is 2.16. The summed E-state index contributed by atoms with van der Waals surface area (Å²) in [5, 5.41) is 19.8. The third-order valence-electron chi connectivity index (χ3n) is 3.56. The molecule has 2 fully saturated rings. The first-order chi connectivity index (χ1) is 9.82. The maximum atomic E-state index is 12.8. The monoisotopic (exact) mass is 330 g/mol. The van der Waals surface area contributed by atoms with Gasteiger partial charge < -0.3 is 29.2 Å². The van der Waals surface area contributed by atoms with E-state index < -0.39 is 48.3 Å². The molecule has 22 heavy (non-hydrogen) atoms. The first-order valence-corrected chi connectivity index (χ1v) is 6.93. The van der Waals surface area contributed by atoms with E-state index in [9.17, 15) is 23.4 Å². The van der Waals surface area contributed by atoms with E-state index in [-0.39, 0.29) is 6.61 Å². The lowest BCUT2D eigenvalue weighted by atomic mass is 9.99. The number of ether oxygens (including phenoxy) is 4. The fourth-order valence-corrected chi connectivity index (χ4v) is 2.61. The number of aliphatic hydroxyl groups excluding tert-OH is 2. The summed E-state index contributed by atoms with van der Waals surface area (Å²) in [5.41, 5.74) is 0. The van der Waals surface area contributed by atoms with Gasteiger partial charge in [-0.3, -0.25) is 0 Å². The lowest BCUT2D eigenvalue weighted by molar-refractivity contribution is -0.243. The second kappa shape index (κ2) is 5.57. The molecule has 9 heteroatoms. The van der Waals surface area contributed by atoms with Crippen molar-refractivity contribution in [1.82, 2.24) is 0 Å². The Morgan fingerprint density at radius 3 is 1.95 bits per heavy atom. The first-order valence-electron chi connectivity index (χ1n) is 6.93. The molecule has 0 spiro atoms. The van der Waals surface area contributed by atoms with Crippen LogP contribution >= 0.6 is 0 Å². The minimum Gasteiger partial charge on any atom is -0.387 e. The van der Waals surface area contributed by atoms with E-state index in [1.165, 1.54) is 13.8 Å². The zero-order valence-corrected chi connectivity index (χ0v) is 12.8. The molecular weight excluding hydrogens is 309 g/mol. The fourth-order valence-electron chi connectivity index (χ4n) is 2.61. The van der Waals surface area contributed by atoms with E-state index in [4.69, 9.17) is 18.9 Å². The summed E-state index contributed by atoms with van der Waals surface area (Å²) in [5.74, 6) is -2.31. The summed E-state index contributed by atoms with van der Waals surface area (Å²) in [6.45, 7) is 6.07. The zero-order valence-electron chi connectivity index (χ0n) is 12.8. The van der Waals surface area contributed by atoms with Gasteiger partial charge in [-0.15, -0.1) is 0 Å². The number of hydrogen-bond donors (Lipinski definition) is 2. The number of alkyl halides is 3. The van der Waals surface area contributed by atoms with Crippen molar-refractivity contribution in [1.29, 1.82) is 0 Å². The van der Waals surface area contributed by atoms with Gasteiger partial charge in [0.05, 0.1) is 6.61 Å². The highest BCUT2D eigenvalue weighted by Gasteiger charge is 2.57. The summed E-state index contributed by atoms with van der Waals surface area (Å²) in [6, 6.07) is 0. The zero-order chi connectivity index (χ0) is 16.9. The van der Waals surface area contributed by atoms with Crippen molar-refractivity contribution in [3.05, 3.63) is 0 Å². The third kappa shape index (κ3) is 3.72. The second-order valence-corrected chi connectivity index (χ2v) is 6.41. The molecular formula is C13H21F3O6. The summed E-state index contributed by atoms with van der Waals surface area (Å²) in [4.78, 5) is 0. The first kappa shape index (κ1) is 17.9. The minimum atomic E-state index is -4.89. The van der Waals surface area contributed by atoms with Crippen LogP contribution in [0.15, 0.2) is 0 Å². The summed E-state index contributed by atoms with van der Waals surface area (Å²) >= 11 is 0. The predicted octanol–water partition coefficient (Wildman–Crippen LogP) is 0.942. The molecule has 0 saturated carbocycles. The Bertz CT molecular complexity index is 411. The largest absolute Gasteiger partial charge is 0.417 e.